The summed E-state index contributed by atoms with van der Waals surface area (Å²) in [5, 5.41) is 3.58. The van der Waals surface area contributed by atoms with E-state index >= 15 is 0 Å². The SMILES string of the molecule is CCC1(CC)CN(CCCNC2CC2)C1. The molecule has 0 bridgehead atoms. The average Bonchev–Trinajstić information content (AvgIpc) is 2.99. The van der Waals surface area contributed by atoms with Gasteiger partial charge in [0.2, 0.25) is 0 Å². The fraction of sp³-hybridized carbons (Fsp3) is 1.00. The van der Waals surface area contributed by atoms with Gasteiger partial charge in [0.05, 0.1) is 0 Å². The molecule has 0 spiro atoms. The van der Waals surface area contributed by atoms with Crippen LogP contribution in [0.1, 0.15) is 46.0 Å². The summed E-state index contributed by atoms with van der Waals surface area (Å²) in [5.74, 6) is 0. The quantitative estimate of drug-likeness (QED) is 0.648. The van der Waals surface area contributed by atoms with Crippen molar-refractivity contribution in [1.82, 2.24) is 10.2 Å². The lowest BCUT2D eigenvalue weighted by Gasteiger charge is -2.50. The number of nitrogens with zero attached hydrogens (tertiary/aromatic N) is 1. The van der Waals surface area contributed by atoms with Crippen LogP contribution < -0.4 is 5.32 Å². The lowest BCUT2D eigenvalue weighted by atomic mass is 9.75. The molecule has 0 amide bonds. The summed E-state index contributed by atoms with van der Waals surface area (Å²) in [7, 11) is 0. The second kappa shape index (κ2) is 4.84. The van der Waals surface area contributed by atoms with Crippen LogP contribution in [0.5, 0.6) is 0 Å². The van der Waals surface area contributed by atoms with E-state index in [0.29, 0.717) is 5.41 Å². The van der Waals surface area contributed by atoms with E-state index in [4.69, 9.17) is 0 Å². The zero-order valence-corrected chi connectivity index (χ0v) is 10.4. The molecule has 0 atom stereocenters. The molecule has 1 heterocycles. The van der Waals surface area contributed by atoms with Gasteiger partial charge in [0, 0.05) is 19.1 Å². The normalized spacial score (nSPS) is 25.2. The molecule has 0 aromatic carbocycles. The van der Waals surface area contributed by atoms with Gasteiger partial charge in [-0.2, -0.15) is 0 Å². The summed E-state index contributed by atoms with van der Waals surface area (Å²) in [6, 6.07) is 0.881. The van der Waals surface area contributed by atoms with E-state index in [1.165, 1.54) is 58.3 Å². The van der Waals surface area contributed by atoms with Crippen LogP contribution in [0.25, 0.3) is 0 Å². The lowest BCUT2D eigenvalue weighted by Crippen LogP contribution is -2.55. The molecule has 0 unspecified atom stereocenters. The average molecular weight is 210 g/mol. The van der Waals surface area contributed by atoms with E-state index in [-0.39, 0.29) is 0 Å². The molecule has 88 valence electrons. The molecule has 1 saturated heterocycles. The Morgan fingerprint density at radius 3 is 2.40 bits per heavy atom. The third kappa shape index (κ3) is 2.94. The zero-order valence-electron chi connectivity index (χ0n) is 10.4. The summed E-state index contributed by atoms with van der Waals surface area (Å²) >= 11 is 0. The van der Waals surface area contributed by atoms with E-state index in [1.807, 2.05) is 0 Å². The van der Waals surface area contributed by atoms with Crippen molar-refractivity contribution >= 4 is 0 Å². The van der Waals surface area contributed by atoms with Crippen molar-refractivity contribution in [3.8, 4) is 0 Å². The van der Waals surface area contributed by atoms with Crippen LogP contribution in [0.15, 0.2) is 0 Å². The number of hydrogen-bond donors (Lipinski definition) is 1. The highest BCUT2D eigenvalue weighted by Gasteiger charge is 2.38. The maximum Gasteiger partial charge on any atom is 0.00682 e. The molecule has 1 aliphatic carbocycles. The number of nitrogens with one attached hydrogen (secondary N) is 1. The first kappa shape index (κ1) is 11.4. The topological polar surface area (TPSA) is 15.3 Å². The zero-order chi connectivity index (χ0) is 10.7. The molecular formula is C13H26N2. The summed E-state index contributed by atoms with van der Waals surface area (Å²) < 4.78 is 0. The second-order valence-electron chi connectivity index (χ2n) is 5.50. The Morgan fingerprint density at radius 1 is 1.20 bits per heavy atom. The predicted molar refractivity (Wildman–Crippen MR) is 65.1 cm³/mol. The molecule has 0 aromatic rings. The molecule has 2 aliphatic rings. The van der Waals surface area contributed by atoms with Crippen molar-refractivity contribution in [1.29, 1.82) is 0 Å². The minimum Gasteiger partial charge on any atom is -0.314 e. The minimum absolute atomic E-state index is 0.684. The van der Waals surface area contributed by atoms with Crippen LogP contribution >= 0.6 is 0 Å². The van der Waals surface area contributed by atoms with Crippen molar-refractivity contribution in [2.24, 2.45) is 5.41 Å². The maximum absolute atomic E-state index is 3.58. The summed E-state index contributed by atoms with van der Waals surface area (Å²) in [4.78, 5) is 2.63. The molecule has 1 aliphatic heterocycles. The number of rotatable bonds is 7. The molecule has 2 rings (SSSR count). The van der Waals surface area contributed by atoms with E-state index < -0.39 is 0 Å². The van der Waals surface area contributed by atoms with Gasteiger partial charge >= 0.3 is 0 Å². The highest BCUT2D eigenvalue weighted by Crippen LogP contribution is 2.36. The van der Waals surface area contributed by atoms with Gasteiger partial charge in [-0.15, -0.1) is 0 Å². The monoisotopic (exact) mass is 210 g/mol. The smallest absolute Gasteiger partial charge is 0.00682 e. The van der Waals surface area contributed by atoms with Gasteiger partial charge < -0.3 is 10.2 Å². The van der Waals surface area contributed by atoms with Crippen molar-refractivity contribution in [2.45, 2.75) is 52.0 Å². The Labute approximate surface area is 94.4 Å². The van der Waals surface area contributed by atoms with Gasteiger partial charge in [0.25, 0.3) is 0 Å². The van der Waals surface area contributed by atoms with Crippen LogP contribution in [0.4, 0.5) is 0 Å². The van der Waals surface area contributed by atoms with E-state index in [0.717, 1.165) is 6.04 Å². The fourth-order valence-electron chi connectivity index (χ4n) is 2.65. The minimum atomic E-state index is 0.684. The van der Waals surface area contributed by atoms with Crippen molar-refractivity contribution < 1.29 is 0 Å². The van der Waals surface area contributed by atoms with Gasteiger partial charge in [-0.1, -0.05) is 13.8 Å². The van der Waals surface area contributed by atoms with Gasteiger partial charge in [-0.05, 0) is 50.6 Å². The molecule has 1 N–H and O–H groups in total. The van der Waals surface area contributed by atoms with Crippen LogP contribution in [0.3, 0.4) is 0 Å². The first-order valence-corrected chi connectivity index (χ1v) is 6.74. The molecule has 2 heteroatoms. The van der Waals surface area contributed by atoms with Crippen molar-refractivity contribution in [3.63, 3.8) is 0 Å². The van der Waals surface area contributed by atoms with Crippen LogP contribution in [-0.4, -0.2) is 37.1 Å². The van der Waals surface area contributed by atoms with Crippen molar-refractivity contribution in [2.75, 3.05) is 26.2 Å². The number of hydrogen-bond acceptors (Lipinski definition) is 2. The van der Waals surface area contributed by atoms with Gasteiger partial charge in [-0.25, -0.2) is 0 Å². The summed E-state index contributed by atoms with van der Waals surface area (Å²) in [6.45, 7) is 9.92. The summed E-state index contributed by atoms with van der Waals surface area (Å²) in [5.41, 5.74) is 0.684. The Bertz CT molecular complexity index is 187. The van der Waals surface area contributed by atoms with Crippen LogP contribution in [0.2, 0.25) is 0 Å². The first-order valence-electron chi connectivity index (χ1n) is 6.74. The van der Waals surface area contributed by atoms with Gasteiger partial charge in [0.15, 0.2) is 0 Å². The standard InChI is InChI=1S/C13H26N2/c1-3-13(4-2)10-15(11-13)9-5-8-14-12-6-7-12/h12,14H,3-11H2,1-2H3. The Kier molecular flexibility index (Phi) is 3.68. The molecule has 15 heavy (non-hydrogen) atoms. The molecule has 0 radical (unpaired) electrons. The first-order chi connectivity index (χ1) is 7.28. The number of likely N-dealkylation sites (tertiary alicyclic amines) is 1. The highest BCUT2D eigenvalue weighted by atomic mass is 15.2. The molecule has 2 fully saturated rings. The predicted octanol–water partition coefficient (Wildman–Crippen LogP) is 2.25. The van der Waals surface area contributed by atoms with Gasteiger partial charge in [0.1, 0.15) is 0 Å². The lowest BCUT2D eigenvalue weighted by molar-refractivity contribution is -0.00621. The highest BCUT2D eigenvalue weighted by molar-refractivity contribution is 4.92. The largest absolute Gasteiger partial charge is 0.314 e. The Morgan fingerprint density at radius 2 is 1.87 bits per heavy atom. The third-order valence-electron chi connectivity index (χ3n) is 4.28. The third-order valence-corrected chi connectivity index (χ3v) is 4.28. The maximum atomic E-state index is 3.58. The van der Waals surface area contributed by atoms with Crippen LogP contribution in [0, 0.1) is 5.41 Å². The molecular weight excluding hydrogens is 184 g/mol. The molecule has 0 aromatic heterocycles. The van der Waals surface area contributed by atoms with Crippen molar-refractivity contribution in [3.05, 3.63) is 0 Å². The second-order valence-corrected chi connectivity index (χ2v) is 5.50. The fourth-order valence-corrected chi connectivity index (χ4v) is 2.65. The molecule has 2 nitrogen and oxygen atoms in total. The van der Waals surface area contributed by atoms with Crippen LogP contribution in [-0.2, 0) is 0 Å². The van der Waals surface area contributed by atoms with E-state index in [2.05, 4.69) is 24.1 Å². The van der Waals surface area contributed by atoms with E-state index in [9.17, 15) is 0 Å². The Balaban J connectivity index is 1.50. The van der Waals surface area contributed by atoms with Gasteiger partial charge in [-0.3, -0.25) is 0 Å². The molecule has 1 saturated carbocycles. The Hall–Kier alpha value is -0.0800. The van der Waals surface area contributed by atoms with E-state index in [1.54, 1.807) is 0 Å². The summed E-state index contributed by atoms with van der Waals surface area (Å²) in [6.07, 6.45) is 6.89.